The van der Waals surface area contributed by atoms with Crippen LogP contribution < -0.4 is 4.74 Å². The third-order valence-corrected chi connectivity index (χ3v) is 8.11. The average molecular weight is 746 g/mol. The molecule has 0 saturated carbocycles. The van der Waals surface area contributed by atoms with E-state index in [1.165, 1.54) is 0 Å². The molecule has 33 heavy (non-hydrogen) atoms. The molecule has 4 rings (SSSR count). The maximum atomic E-state index is 12.5. The van der Waals surface area contributed by atoms with Gasteiger partial charge in [0.1, 0.15) is 0 Å². The molecule has 0 aliphatic carbocycles. The van der Waals surface area contributed by atoms with E-state index in [0.717, 1.165) is 13.6 Å². The van der Waals surface area contributed by atoms with Gasteiger partial charge in [0.25, 0.3) is 0 Å². The zero-order valence-electron chi connectivity index (χ0n) is 16.9. The first-order valence-electron chi connectivity index (χ1n) is 9.47. The van der Waals surface area contributed by atoms with Gasteiger partial charge in [0.15, 0.2) is 11.4 Å². The van der Waals surface area contributed by atoms with E-state index < -0.39 is 11.9 Å². The summed E-state index contributed by atoms with van der Waals surface area (Å²) < 4.78 is 13.9. The minimum absolute atomic E-state index is 0.169. The fraction of sp³-hybridized carbons (Fsp3) is 0.0417. The first kappa shape index (κ1) is 24.3. The van der Waals surface area contributed by atoms with Crippen molar-refractivity contribution >= 4 is 94.3 Å². The van der Waals surface area contributed by atoms with Gasteiger partial charge in [0, 0.05) is 13.6 Å². The topological polar surface area (TPSA) is 65.0 Å². The van der Waals surface area contributed by atoms with E-state index in [-0.39, 0.29) is 11.6 Å². The fourth-order valence-corrected chi connectivity index (χ4v) is 5.02. The molecule has 0 radical (unpaired) electrons. The number of esters is 2. The van der Waals surface area contributed by atoms with E-state index in [0.29, 0.717) is 31.4 Å². The smallest absolute Gasteiger partial charge is 0.363 e. The third kappa shape index (κ3) is 5.64. The van der Waals surface area contributed by atoms with Crippen LogP contribution in [0.25, 0.3) is 6.08 Å². The molecule has 0 saturated heterocycles. The third-order valence-electron chi connectivity index (χ3n) is 4.59. The van der Waals surface area contributed by atoms with Gasteiger partial charge in [-0.15, -0.1) is 0 Å². The van der Waals surface area contributed by atoms with E-state index in [1.807, 2.05) is 37.3 Å². The summed E-state index contributed by atoms with van der Waals surface area (Å²) in [5, 5.41) is 0. The maximum absolute atomic E-state index is 12.5. The fourth-order valence-electron chi connectivity index (χ4n) is 2.92. The van der Waals surface area contributed by atoms with Crippen molar-refractivity contribution in [3.63, 3.8) is 0 Å². The van der Waals surface area contributed by atoms with Gasteiger partial charge in [0.2, 0.25) is 5.90 Å². The van der Waals surface area contributed by atoms with Crippen molar-refractivity contribution in [2.75, 3.05) is 0 Å². The Bertz CT molecular complexity index is 1330. The number of aliphatic imine (C=N–C) groups is 1. The van der Waals surface area contributed by atoms with Gasteiger partial charge in [0.05, 0.1) is 14.5 Å². The second-order valence-electron chi connectivity index (χ2n) is 7.03. The number of aryl methyl sites for hydroxylation is 1. The van der Waals surface area contributed by atoms with Crippen molar-refractivity contribution in [3.8, 4) is 5.75 Å². The van der Waals surface area contributed by atoms with Crippen molar-refractivity contribution in [3.05, 3.63) is 99.5 Å². The molecule has 0 spiro atoms. The summed E-state index contributed by atoms with van der Waals surface area (Å²) in [5.74, 6) is -0.434. The van der Waals surface area contributed by atoms with Crippen LogP contribution in [0, 0.1) is 10.5 Å². The summed E-state index contributed by atoms with van der Waals surface area (Å²) in [6, 6.07) is 16.2. The first-order chi connectivity index (χ1) is 15.7. The molecule has 0 bridgehead atoms. The van der Waals surface area contributed by atoms with Gasteiger partial charge in [-0.25, -0.2) is 14.6 Å². The monoisotopic (exact) mass is 743 g/mol. The number of cyclic esters (lactones) is 1. The molecule has 9 heteroatoms. The minimum atomic E-state index is -0.540. The minimum Gasteiger partial charge on any atom is -0.421 e. The van der Waals surface area contributed by atoms with Crippen LogP contribution in [-0.2, 0) is 9.53 Å². The van der Waals surface area contributed by atoms with Crippen LogP contribution in [0.2, 0.25) is 0 Å². The average Bonchev–Trinajstić information content (AvgIpc) is 3.13. The lowest BCUT2D eigenvalue weighted by atomic mass is 10.1. The predicted octanol–water partition coefficient (Wildman–Crippen LogP) is 7.45. The lowest BCUT2D eigenvalue weighted by Crippen LogP contribution is -2.09. The lowest BCUT2D eigenvalue weighted by Gasteiger charge is -2.10. The zero-order chi connectivity index (χ0) is 23.7. The molecule has 0 unspecified atom stereocenters. The van der Waals surface area contributed by atoms with Crippen molar-refractivity contribution in [1.82, 2.24) is 0 Å². The largest absolute Gasteiger partial charge is 0.421 e. The number of hydrogen-bond donors (Lipinski definition) is 0. The van der Waals surface area contributed by atoms with Crippen LogP contribution in [0.15, 0.2) is 78.7 Å². The Balaban J connectivity index is 1.59. The molecule has 1 aliphatic heterocycles. The number of carbonyl (C=O) groups excluding carboxylic acids is 2. The highest BCUT2D eigenvalue weighted by Gasteiger charge is 2.25. The van der Waals surface area contributed by atoms with Crippen LogP contribution in [0.1, 0.15) is 27.0 Å². The molecule has 0 fully saturated rings. The van der Waals surface area contributed by atoms with E-state index in [9.17, 15) is 9.59 Å². The van der Waals surface area contributed by atoms with Crippen molar-refractivity contribution in [2.45, 2.75) is 6.92 Å². The second-order valence-corrected chi connectivity index (χ2v) is 10.8. The summed E-state index contributed by atoms with van der Waals surface area (Å²) in [7, 11) is 0. The van der Waals surface area contributed by atoms with E-state index >= 15 is 0 Å². The molecule has 0 N–H and O–H groups in total. The normalized spacial score (nSPS) is 14.3. The number of nitrogens with zero attached hydrogens (tertiary/aromatic N) is 1. The highest BCUT2D eigenvalue weighted by molar-refractivity contribution is 14.1. The van der Waals surface area contributed by atoms with Gasteiger partial charge >= 0.3 is 11.9 Å². The standard InChI is InChI=1S/C24H13Br3INO4/c1-12-2-4-14(5-3-12)23(30)32-21-17(26)8-13(9-18(21)27)10-20-24(31)33-22(29-20)15-6-7-19(28)16(25)11-15/h2-11H,1H3/b20-10-. The Morgan fingerprint density at radius 2 is 1.67 bits per heavy atom. The van der Waals surface area contributed by atoms with Crippen molar-refractivity contribution in [1.29, 1.82) is 0 Å². The van der Waals surface area contributed by atoms with Gasteiger partial charge in [-0.1, -0.05) is 17.7 Å². The highest BCUT2D eigenvalue weighted by Crippen LogP contribution is 2.36. The van der Waals surface area contributed by atoms with E-state index in [2.05, 4.69) is 75.4 Å². The van der Waals surface area contributed by atoms with Crippen molar-refractivity contribution in [2.24, 2.45) is 4.99 Å². The Kier molecular flexibility index (Phi) is 7.52. The highest BCUT2D eigenvalue weighted by atomic mass is 127. The van der Waals surface area contributed by atoms with Gasteiger partial charge in [-0.2, -0.15) is 0 Å². The molecular weight excluding hydrogens is 733 g/mol. The molecule has 1 aliphatic rings. The van der Waals surface area contributed by atoms with Crippen LogP contribution >= 0.6 is 70.4 Å². The quantitative estimate of drug-likeness (QED) is 0.121. The Hall–Kier alpha value is -1.82. The first-order valence-corrected chi connectivity index (χ1v) is 12.9. The number of ether oxygens (including phenoxy) is 2. The molecule has 166 valence electrons. The molecule has 0 atom stereocenters. The molecule has 0 amide bonds. The van der Waals surface area contributed by atoms with E-state index in [1.54, 1.807) is 30.3 Å². The summed E-state index contributed by atoms with van der Waals surface area (Å²) in [6.45, 7) is 1.95. The van der Waals surface area contributed by atoms with Crippen LogP contribution in [0.5, 0.6) is 5.75 Å². The number of carbonyl (C=O) groups is 2. The van der Waals surface area contributed by atoms with Gasteiger partial charge < -0.3 is 9.47 Å². The molecule has 3 aromatic rings. The molecule has 3 aromatic carbocycles. The van der Waals surface area contributed by atoms with Gasteiger partial charge in [-0.05, 0) is 131 Å². The molecule has 1 heterocycles. The number of benzene rings is 3. The SMILES string of the molecule is Cc1ccc(C(=O)Oc2c(Br)cc(/C=C3\N=C(c4ccc(I)c(Br)c4)OC3=O)cc2Br)cc1. The molecule has 5 nitrogen and oxygen atoms in total. The van der Waals surface area contributed by atoms with Crippen molar-refractivity contribution < 1.29 is 19.1 Å². The summed E-state index contributed by atoms with van der Waals surface area (Å²) in [6.07, 6.45) is 1.61. The maximum Gasteiger partial charge on any atom is 0.363 e. The Morgan fingerprint density at radius 3 is 2.30 bits per heavy atom. The molecular formula is C24H13Br3INO4. The van der Waals surface area contributed by atoms with Crippen LogP contribution in [0.3, 0.4) is 0 Å². The zero-order valence-corrected chi connectivity index (χ0v) is 23.8. The lowest BCUT2D eigenvalue weighted by molar-refractivity contribution is -0.129. The van der Waals surface area contributed by atoms with Crippen LogP contribution in [-0.4, -0.2) is 17.8 Å². The number of rotatable bonds is 4. The summed E-state index contributed by atoms with van der Waals surface area (Å²) in [5.41, 5.74) is 3.04. The summed E-state index contributed by atoms with van der Waals surface area (Å²) >= 11 is 12.6. The Labute approximate surface area is 228 Å². The summed E-state index contributed by atoms with van der Waals surface area (Å²) in [4.78, 5) is 29.2. The predicted molar refractivity (Wildman–Crippen MR) is 145 cm³/mol. The molecule has 0 aromatic heterocycles. The second kappa shape index (κ2) is 10.2. The number of halogens is 4. The number of hydrogen-bond acceptors (Lipinski definition) is 5. The van der Waals surface area contributed by atoms with E-state index in [4.69, 9.17) is 9.47 Å². The Morgan fingerprint density at radius 1 is 1.00 bits per heavy atom. The van der Waals surface area contributed by atoms with Crippen LogP contribution in [0.4, 0.5) is 0 Å². The van der Waals surface area contributed by atoms with Gasteiger partial charge in [-0.3, -0.25) is 0 Å².